The van der Waals surface area contributed by atoms with Gasteiger partial charge in [0.2, 0.25) is 0 Å². The Morgan fingerprint density at radius 3 is 2.00 bits per heavy atom. The van der Waals surface area contributed by atoms with Gasteiger partial charge in [0, 0.05) is 10.6 Å². The number of anilines is 2. The quantitative estimate of drug-likeness (QED) is 0.491. The van der Waals surface area contributed by atoms with Crippen molar-refractivity contribution in [2.45, 2.75) is 4.90 Å². The van der Waals surface area contributed by atoms with Crippen molar-refractivity contribution in [3.8, 4) is 11.1 Å². The second-order valence-corrected chi connectivity index (χ2v) is 7.90. The van der Waals surface area contributed by atoms with Crippen molar-refractivity contribution in [2.75, 3.05) is 37.0 Å². The van der Waals surface area contributed by atoms with Gasteiger partial charge in [0.15, 0.2) is 13.1 Å². The molecular weight excluding hydrogens is 394 g/mol. The predicted molar refractivity (Wildman–Crippen MR) is 124 cm³/mol. The SMILES string of the molecule is CSc1ccccc1NC(=O)C[NH+](C)CC(=O)Nc1ccc(-c2ccccc2)cc1. The van der Waals surface area contributed by atoms with Gasteiger partial charge in [0.1, 0.15) is 0 Å². The van der Waals surface area contributed by atoms with E-state index in [2.05, 4.69) is 22.8 Å². The maximum absolute atomic E-state index is 12.4. The zero-order valence-electron chi connectivity index (χ0n) is 17.1. The van der Waals surface area contributed by atoms with Gasteiger partial charge in [-0.3, -0.25) is 9.59 Å². The zero-order chi connectivity index (χ0) is 21.3. The van der Waals surface area contributed by atoms with Crippen molar-refractivity contribution in [1.82, 2.24) is 0 Å². The molecule has 6 heteroatoms. The Labute approximate surface area is 181 Å². The van der Waals surface area contributed by atoms with Crippen LogP contribution < -0.4 is 15.5 Å². The monoisotopic (exact) mass is 420 g/mol. The molecule has 1 atom stereocenters. The van der Waals surface area contributed by atoms with Crippen molar-refractivity contribution in [1.29, 1.82) is 0 Å². The molecule has 0 heterocycles. The number of likely N-dealkylation sites (N-methyl/N-ethyl adjacent to an activating group) is 1. The summed E-state index contributed by atoms with van der Waals surface area (Å²) in [6, 6.07) is 25.5. The molecule has 0 aliphatic heterocycles. The lowest BCUT2D eigenvalue weighted by atomic mass is 10.1. The summed E-state index contributed by atoms with van der Waals surface area (Å²) in [6.45, 7) is 0.418. The zero-order valence-corrected chi connectivity index (χ0v) is 18.0. The number of rotatable bonds is 8. The van der Waals surface area contributed by atoms with Crippen molar-refractivity contribution in [3.05, 3.63) is 78.9 Å². The minimum absolute atomic E-state index is 0.117. The molecule has 0 aliphatic carbocycles. The number of thioether (sulfide) groups is 1. The van der Waals surface area contributed by atoms with Crippen LogP contribution >= 0.6 is 11.8 Å². The van der Waals surface area contributed by atoms with Gasteiger partial charge in [0.25, 0.3) is 11.8 Å². The second-order valence-electron chi connectivity index (χ2n) is 7.05. The van der Waals surface area contributed by atoms with Crippen LogP contribution in [0.1, 0.15) is 0 Å². The number of hydrogen-bond donors (Lipinski definition) is 3. The smallest absolute Gasteiger partial charge is 0.279 e. The van der Waals surface area contributed by atoms with Crippen LogP contribution in [0.5, 0.6) is 0 Å². The lowest BCUT2D eigenvalue weighted by molar-refractivity contribution is -0.862. The molecule has 3 N–H and O–H groups in total. The van der Waals surface area contributed by atoms with E-state index in [9.17, 15) is 9.59 Å². The Bertz CT molecular complexity index is 991. The molecule has 30 heavy (non-hydrogen) atoms. The number of amides is 2. The van der Waals surface area contributed by atoms with E-state index in [4.69, 9.17) is 0 Å². The summed E-state index contributed by atoms with van der Waals surface area (Å²) >= 11 is 1.58. The summed E-state index contributed by atoms with van der Waals surface area (Å²) in [6.07, 6.45) is 1.97. The second kappa shape index (κ2) is 10.6. The van der Waals surface area contributed by atoms with Gasteiger partial charge in [-0.05, 0) is 41.6 Å². The molecule has 0 bridgehead atoms. The minimum atomic E-state index is -0.128. The highest BCUT2D eigenvalue weighted by atomic mass is 32.2. The van der Waals surface area contributed by atoms with E-state index in [1.165, 1.54) is 0 Å². The maximum Gasteiger partial charge on any atom is 0.279 e. The molecule has 0 aliphatic rings. The Hall–Kier alpha value is -3.09. The highest BCUT2D eigenvalue weighted by Gasteiger charge is 2.15. The molecule has 5 nitrogen and oxygen atoms in total. The van der Waals surface area contributed by atoms with Crippen LogP contribution in [0.4, 0.5) is 11.4 Å². The summed E-state index contributed by atoms with van der Waals surface area (Å²) < 4.78 is 0. The first-order valence-corrected chi connectivity index (χ1v) is 11.0. The van der Waals surface area contributed by atoms with Crippen LogP contribution in [0.25, 0.3) is 11.1 Å². The third-order valence-corrected chi connectivity index (χ3v) is 5.38. The Balaban J connectivity index is 1.49. The Kier molecular flexibility index (Phi) is 7.65. The topological polar surface area (TPSA) is 62.6 Å². The van der Waals surface area contributed by atoms with E-state index in [1.54, 1.807) is 11.8 Å². The third-order valence-electron chi connectivity index (χ3n) is 4.58. The number of carbonyl (C=O) groups is 2. The molecule has 0 fully saturated rings. The Morgan fingerprint density at radius 1 is 0.767 bits per heavy atom. The van der Waals surface area contributed by atoms with Gasteiger partial charge < -0.3 is 15.5 Å². The van der Waals surface area contributed by atoms with Crippen molar-refractivity contribution in [3.63, 3.8) is 0 Å². The number of carbonyl (C=O) groups excluding carboxylic acids is 2. The molecule has 1 unspecified atom stereocenters. The number of benzene rings is 3. The van der Waals surface area contributed by atoms with Crippen LogP contribution in [0.3, 0.4) is 0 Å². The van der Waals surface area contributed by atoms with Gasteiger partial charge in [-0.2, -0.15) is 0 Å². The lowest BCUT2D eigenvalue weighted by Gasteiger charge is -2.15. The summed E-state index contributed by atoms with van der Waals surface area (Å²) in [5.74, 6) is -0.244. The third kappa shape index (κ3) is 6.20. The molecular formula is C24H26N3O2S+. The minimum Gasteiger partial charge on any atom is -0.322 e. The normalized spacial score (nSPS) is 11.5. The molecule has 2 amide bonds. The molecule has 0 spiro atoms. The fraction of sp³-hybridized carbons (Fsp3) is 0.167. The van der Waals surface area contributed by atoms with Gasteiger partial charge >= 0.3 is 0 Å². The van der Waals surface area contributed by atoms with E-state index < -0.39 is 0 Å². The lowest BCUT2D eigenvalue weighted by Crippen LogP contribution is -3.11. The number of quaternary nitrogens is 1. The van der Waals surface area contributed by atoms with Gasteiger partial charge in [-0.25, -0.2) is 0 Å². The van der Waals surface area contributed by atoms with E-state index >= 15 is 0 Å². The van der Waals surface area contributed by atoms with Crippen LogP contribution in [0, 0.1) is 0 Å². The maximum atomic E-state index is 12.4. The first-order valence-electron chi connectivity index (χ1n) is 9.74. The van der Waals surface area contributed by atoms with Crippen LogP contribution in [0.2, 0.25) is 0 Å². The largest absolute Gasteiger partial charge is 0.322 e. The summed E-state index contributed by atoms with van der Waals surface area (Å²) in [7, 11) is 1.83. The highest BCUT2D eigenvalue weighted by molar-refractivity contribution is 7.98. The van der Waals surface area contributed by atoms with Crippen LogP contribution in [0.15, 0.2) is 83.8 Å². The molecule has 3 rings (SSSR count). The molecule has 0 saturated heterocycles. The number of nitrogens with one attached hydrogen (secondary N) is 3. The summed E-state index contributed by atoms with van der Waals surface area (Å²) in [5.41, 5.74) is 3.77. The van der Waals surface area contributed by atoms with E-state index in [-0.39, 0.29) is 24.9 Å². The summed E-state index contributed by atoms with van der Waals surface area (Å²) in [5, 5.41) is 5.82. The molecule has 0 aromatic heterocycles. The molecule has 0 radical (unpaired) electrons. The van der Waals surface area contributed by atoms with Gasteiger partial charge in [-0.15, -0.1) is 11.8 Å². The van der Waals surface area contributed by atoms with Gasteiger partial charge in [0.05, 0.1) is 12.7 Å². The van der Waals surface area contributed by atoms with Crippen LogP contribution in [-0.2, 0) is 9.59 Å². The first-order chi connectivity index (χ1) is 14.5. The predicted octanol–water partition coefficient (Wildman–Crippen LogP) is 3.17. The van der Waals surface area contributed by atoms with Crippen molar-refractivity contribution >= 4 is 35.0 Å². The van der Waals surface area contributed by atoms with E-state index in [1.807, 2.05) is 80.0 Å². The molecule has 0 saturated carbocycles. The Morgan fingerprint density at radius 2 is 1.33 bits per heavy atom. The number of hydrogen-bond acceptors (Lipinski definition) is 3. The molecule has 3 aromatic rings. The fourth-order valence-corrected chi connectivity index (χ4v) is 3.69. The first kappa shape index (κ1) is 21.6. The molecule has 154 valence electrons. The standard InChI is InChI=1S/C24H25N3O2S/c1-27(17-24(29)26-21-10-6-7-11-22(21)30-2)16-23(28)25-20-14-12-19(13-15-20)18-8-4-3-5-9-18/h3-15H,16-17H2,1-2H3,(H,25,28)(H,26,29)/p+1. The average Bonchev–Trinajstić information content (AvgIpc) is 2.75. The van der Waals surface area contributed by atoms with Gasteiger partial charge in [-0.1, -0.05) is 54.6 Å². The highest BCUT2D eigenvalue weighted by Crippen LogP contribution is 2.24. The average molecular weight is 421 g/mol. The van der Waals surface area contributed by atoms with Crippen LogP contribution in [-0.4, -0.2) is 38.2 Å². The van der Waals surface area contributed by atoms with Crippen molar-refractivity contribution < 1.29 is 14.5 Å². The fourth-order valence-electron chi connectivity index (χ4n) is 3.13. The number of para-hydroxylation sites is 1. The molecule has 3 aromatic carbocycles. The van der Waals surface area contributed by atoms with E-state index in [0.29, 0.717) is 0 Å². The summed E-state index contributed by atoms with van der Waals surface area (Å²) in [4.78, 5) is 26.5. The van der Waals surface area contributed by atoms with E-state index in [0.717, 1.165) is 32.3 Å². The van der Waals surface area contributed by atoms with Crippen molar-refractivity contribution in [2.24, 2.45) is 0 Å².